The van der Waals surface area contributed by atoms with Gasteiger partial charge in [-0.3, -0.25) is 0 Å². The molecule has 4 aromatic carbocycles. The van der Waals surface area contributed by atoms with E-state index in [1.165, 1.54) is 38.2 Å². The lowest BCUT2D eigenvalue weighted by atomic mass is 10.0. The summed E-state index contributed by atoms with van der Waals surface area (Å²) in [5.41, 5.74) is 7.46. The van der Waals surface area contributed by atoms with Crippen LogP contribution in [0.15, 0.2) is 87.7 Å². The van der Waals surface area contributed by atoms with Crippen molar-refractivity contribution < 1.29 is 8.83 Å². The van der Waals surface area contributed by atoms with Crippen LogP contribution in [-0.4, -0.2) is 0 Å². The predicted octanol–water partition coefficient (Wildman–Crippen LogP) is 7.38. The summed E-state index contributed by atoms with van der Waals surface area (Å²) >= 11 is 0. The molecule has 2 heteroatoms. The second-order valence-corrected chi connectivity index (χ2v) is 7.49. The van der Waals surface area contributed by atoms with E-state index >= 15 is 0 Å². The lowest BCUT2D eigenvalue weighted by molar-refractivity contribution is 0.665. The van der Waals surface area contributed by atoms with Crippen LogP contribution in [0, 0.1) is 6.92 Å². The highest BCUT2D eigenvalue weighted by Crippen LogP contribution is 2.33. The van der Waals surface area contributed by atoms with Gasteiger partial charge in [0, 0.05) is 21.5 Å². The number of benzene rings is 4. The monoisotopic (exact) mass is 362 g/mol. The molecule has 0 aliphatic heterocycles. The maximum absolute atomic E-state index is 6.15. The summed E-state index contributed by atoms with van der Waals surface area (Å²) in [6.45, 7) is 2.09. The number of hydrogen-bond donors (Lipinski definition) is 0. The molecule has 6 aromatic rings. The molecule has 2 aromatic heterocycles. The first-order valence-corrected chi connectivity index (χ1v) is 9.57. The summed E-state index contributed by atoms with van der Waals surface area (Å²) < 4.78 is 12.2. The SMILES string of the molecule is Cc1cccc2c1oc1cc(Cc3ccc4c(c3)oc3ccccc34)ccc12. The number of para-hydroxylation sites is 2. The molecule has 0 unspecified atom stereocenters. The molecule has 0 aliphatic carbocycles. The van der Waals surface area contributed by atoms with Gasteiger partial charge in [0.1, 0.15) is 22.3 Å². The van der Waals surface area contributed by atoms with Crippen LogP contribution in [0.4, 0.5) is 0 Å². The Hall–Kier alpha value is -3.52. The molecule has 134 valence electrons. The topological polar surface area (TPSA) is 26.3 Å². The van der Waals surface area contributed by atoms with E-state index in [1.807, 2.05) is 12.1 Å². The number of furan rings is 2. The minimum atomic E-state index is 0.846. The zero-order chi connectivity index (χ0) is 18.7. The average Bonchev–Trinajstić information content (AvgIpc) is 3.26. The van der Waals surface area contributed by atoms with Gasteiger partial charge in [-0.15, -0.1) is 0 Å². The fraction of sp³-hybridized carbons (Fsp3) is 0.0769. The maximum atomic E-state index is 6.15. The Morgan fingerprint density at radius 3 is 2.04 bits per heavy atom. The van der Waals surface area contributed by atoms with E-state index in [0.29, 0.717) is 0 Å². The lowest BCUT2D eigenvalue weighted by Gasteiger charge is -2.02. The normalized spacial score (nSPS) is 11.9. The molecule has 2 heterocycles. The van der Waals surface area contributed by atoms with Gasteiger partial charge < -0.3 is 8.83 Å². The summed E-state index contributed by atoms with van der Waals surface area (Å²) in [6.07, 6.45) is 0.846. The second-order valence-electron chi connectivity index (χ2n) is 7.49. The minimum absolute atomic E-state index is 0.846. The largest absolute Gasteiger partial charge is 0.456 e. The summed E-state index contributed by atoms with van der Waals surface area (Å²) in [7, 11) is 0. The van der Waals surface area contributed by atoms with Crippen LogP contribution in [-0.2, 0) is 6.42 Å². The Morgan fingerprint density at radius 1 is 0.571 bits per heavy atom. The van der Waals surface area contributed by atoms with E-state index in [0.717, 1.165) is 28.8 Å². The van der Waals surface area contributed by atoms with Crippen LogP contribution >= 0.6 is 0 Å². The van der Waals surface area contributed by atoms with Crippen LogP contribution in [0.2, 0.25) is 0 Å². The lowest BCUT2D eigenvalue weighted by Crippen LogP contribution is -1.87. The van der Waals surface area contributed by atoms with Crippen LogP contribution in [0.5, 0.6) is 0 Å². The van der Waals surface area contributed by atoms with Gasteiger partial charge >= 0.3 is 0 Å². The Morgan fingerprint density at radius 2 is 1.21 bits per heavy atom. The quantitative estimate of drug-likeness (QED) is 0.321. The molecule has 0 spiro atoms. The van der Waals surface area contributed by atoms with Crippen molar-refractivity contribution in [2.24, 2.45) is 0 Å². The van der Waals surface area contributed by atoms with Gasteiger partial charge in [-0.2, -0.15) is 0 Å². The molecule has 0 atom stereocenters. The van der Waals surface area contributed by atoms with Crippen molar-refractivity contribution in [1.29, 1.82) is 0 Å². The van der Waals surface area contributed by atoms with Crippen molar-refractivity contribution in [1.82, 2.24) is 0 Å². The van der Waals surface area contributed by atoms with Crippen LogP contribution in [0.1, 0.15) is 16.7 Å². The molecular formula is C26H18O2. The van der Waals surface area contributed by atoms with Gasteiger partial charge in [0.05, 0.1) is 0 Å². The number of rotatable bonds is 2. The van der Waals surface area contributed by atoms with E-state index in [1.54, 1.807) is 0 Å². The van der Waals surface area contributed by atoms with Gasteiger partial charge in [-0.25, -0.2) is 0 Å². The van der Waals surface area contributed by atoms with Crippen LogP contribution < -0.4 is 0 Å². The van der Waals surface area contributed by atoms with Gasteiger partial charge in [-0.1, -0.05) is 60.7 Å². The Balaban J connectivity index is 1.42. The highest BCUT2D eigenvalue weighted by molar-refractivity contribution is 6.06. The summed E-state index contributed by atoms with van der Waals surface area (Å²) in [4.78, 5) is 0. The van der Waals surface area contributed by atoms with Gasteiger partial charge in [0.15, 0.2) is 0 Å². The van der Waals surface area contributed by atoms with Crippen molar-refractivity contribution in [3.05, 3.63) is 95.6 Å². The highest BCUT2D eigenvalue weighted by Gasteiger charge is 2.11. The Labute approximate surface area is 162 Å². The molecule has 6 rings (SSSR count). The number of fused-ring (bicyclic) bond motifs is 6. The van der Waals surface area contributed by atoms with Gasteiger partial charge in [0.2, 0.25) is 0 Å². The van der Waals surface area contributed by atoms with E-state index < -0.39 is 0 Å². The fourth-order valence-electron chi connectivity index (χ4n) is 4.21. The Kier molecular flexibility index (Phi) is 3.18. The third kappa shape index (κ3) is 2.28. The third-order valence-corrected chi connectivity index (χ3v) is 5.61. The molecule has 28 heavy (non-hydrogen) atoms. The first kappa shape index (κ1) is 15.5. The summed E-state index contributed by atoms with van der Waals surface area (Å²) in [5.74, 6) is 0. The standard InChI is InChI=1S/C26H18O2/c1-16-5-4-7-22-21-12-10-18(15-25(21)28-26(16)22)13-17-9-11-20-19-6-2-3-8-23(19)27-24(20)14-17/h2-12,14-15H,13H2,1H3. The third-order valence-electron chi connectivity index (χ3n) is 5.61. The second kappa shape index (κ2) is 5.74. The van der Waals surface area contributed by atoms with Crippen molar-refractivity contribution in [3.8, 4) is 0 Å². The van der Waals surface area contributed by atoms with Crippen LogP contribution in [0.3, 0.4) is 0 Å². The molecule has 0 fully saturated rings. The van der Waals surface area contributed by atoms with Gasteiger partial charge in [0.25, 0.3) is 0 Å². The van der Waals surface area contributed by atoms with Crippen molar-refractivity contribution in [2.75, 3.05) is 0 Å². The van der Waals surface area contributed by atoms with Crippen molar-refractivity contribution in [3.63, 3.8) is 0 Å². The van der Waals surface area contributed by atoms with E-state index in [9.17, 15) is 0 Å². The maximum Gasteiger partial charge on any atom is 0.138 e. The molecule has 0 radical (unpaired) electrons. The Bertz CT molecular complexity index is 1500. The molecule has 0 N–H and O–H groups in total. The first-order chi connectivity index (χ1) is 13.8. The van der Waals surface area contributed by atoms with Crippen molar-refractivity contribution in [2.45, 2.75) is 13.3 Å². The van der Waals surface area contributed by atoms with Crippen LogP contribution in [0.25, 0.3) is 43.9 Å². The molecule has 0 amide bonds. The molecule has 0 aliphatic rings. The van der Waals surface area contributed by atoms with E-state index in [4.69, 9.17) is 8.83 Å². The summed E-state index contributed by atoms with van der Waals surface area (Å²) in [6, 6.07) is 27.5. The summed E-state index contributed by atoms with van der Waals surface area (Å²) in [5, 5.41) is 4.70. The van der Waals surface area contributed by atoms with Gasteiger partial charge in [-0.05, 0) is 48.2 Å². The first-order valence-electron chi connectivity index (χ1n) is 9.57. The van der Waals surface area contributed by atoms with E-state index in [2.05, 4.69) is 73.7 Å². The highest BCUT2D eigenvalue weighted by atomic mass is 16.3. The number of hydrogen-bond acceptors (Lipinski definition) is 2. The molecule has 0 saturated carbocycles. The molecule has 2 nitrogen and oxygen atoms in total. The molecule has 0 saturated heterocycles. The fourth-order valence-corrected chi connectivity index (χ4v) is 4.21. The van der Waals surface area contributed by atoms with Crippen molar-refractivity contribution >= 4 is 43.9 Å². The zero-order valence-corrected chi connectivity index (χ0v) is 15.5. The zero-order valence-electron chi connectivity index (χ0n) is 15.5. The number of aryl methyl sites for hydroxylation is 1. The molecule has 0 bridgehead atoms. The van der Waals surface area contributed by atoms with E-state index in [-0.39, 0.29) is 0 Å². The average molecular weight is 362 g/mol. The molecular weight excluding hydrogens is 344 g/mol. The smallest absolute Gasteiger partial charge is 0.138 e. The predicted molar refractivity (Wildman–Crippen MR) is 115 cm³/mol. The minimum Gasteiger partial charge on any atom is -0.456 e.